The molecule has 2 nitrogen and oxygen atoms in total. The Bertz CT molecular complexity index is 3200. The molecule has 0 radical (unpaired) electrons. The molecule has 2 aliphatic rings. The Morgan fingerprint density at radius 2 is 1.06 bits per heavy atom. The Balaban J connectivity index is 1.16. The highest BCUT2D eigenvalue weighted by atomic mass is 16.3. The molecule has 2 heterocycles. The van der Waals surface area contributed by atoms with Crippen LogP contribution in [0, 0.1) is 0 Å². The minimum atomic E-state index is -0.317. The van der Waals surface area contributed by atoms with Crippen molar-refractivity contribution in [2.24, 2.45) is 0 Å². The predicted octanol–water partition coefficient (Wildman–Crippen LogP) is 14.3. The fraction of sp³-hybridized carbons (Fsp3) is 0.0385. The molecule has 9 aromatic carbocycles. The van der Waals surface area contributed by atoms with Crippen LogP contribution in [0.15, 0.2) is 186 Å². The van der Waals surface area contributed by atoms with E-state index in [4.69, 9.17) is 4.42 Å². The lowest BCUT2D eigenvalue weighted by molar-refractivity contribution is 0.669. The van der Waals surface area contributed by atoms with E-state index in [9.17, 15) is 0 Å². The van der Waals surface area contributed by atoms with Gasteiger partial charge in [-0.05, 0) is 109 Å². The maximum absolute atomic E-state index is 6.59. The highest BCUT2D eigenvalue weighted by Crippen LogP contribution is 2.63. The summed E-state index contributed by atoms with van der Waals surface area (Å²) in [7, 11) is 0. The number of benzene rings is 9. The molecule has 1 unspecified atom stereocenters. The lowest BCUT2D eigenvalue weighted by atomic mass is 9.70. The number of furan rings is 1. The van der Waals surface area contributed by atoms with Gasteiger partial charge >= 0.3 is 0 Å². The summed E-state index contributed by atoms with van der Waals surface area (Å²) in [4.78, 5) is 2.54. The predicted molar refractivity (Wildman–Crippen MR) is 225 cm³/mol. The second-order valence-electron chi connectivity index (χ2n) is 15.0. The zero-order valence-electron chi connectivity index (χ0n) is 29.7. The Kier molecular flexibility index (Phi) is 5.94. The van der Waals surface area contributed by atoms with E-state index in [1.807, 2.05) is 0 Å². The summed E-state index contributed by atoms with van der Waals surface area (Å²) in [5.74, 6) is 0. The maximum Gasteiger partial charge on any atom is 0.136 e. The summed E-state index contributed by atoms with van der Waals surface area (Å²) in [5, 5.41) is 7.17. The number of para-hydroxylation sites is 1. The standard InChI is InChI=1S/C52H33NO/c1-52-43-23-8-6-18-38(43)41-22-11-25-46(51(41)52)53(47-30-35(27-28-44(47)52)37-20-10-16-32-13-4-5-17-36(32)37)45-24-9-7-19-39(45)40-21-12-26-48-50(40)42-29-33-14-2-3-15-34(33)31-49(42)54-48/h2-31H,1H3. The van der Waals surface area contributed by atoms with Gasteiger partial charge in [-0.1, -0.05) is 146 Å². The molecule has 0 bridgehead atoms. The SMILES string of the molecule is CC12c3ccccc3-c3cccc(c31)N(c1ccccc1-c1cccc3oc4cc5ccccc5cc4c13)c1cc(-c3cccc4ccccc34)ccc12. The molecule has 2 heteroatoms. The molecular formula is C52H33NO. The molecule has 1 aromatic heterocycles. The molecule has 1 aliphatic carbocycles. The molecule has 0 fully saturated rings. The van der Waals surface area contributed by atoms with Gasteiger partial charge in [0.2, 0.25) is 0 Å². The van der Waals surface area contributed by atoms with Crippen molar-refractivity contribution in [1.29, 1.82) is 0 Å². The fourth-order valence-corrected chi connectivity index (χ4v) is 9.85. The summed E-state index contributed by atoms with van der Waals surface area (Å²) in [6.45, 7) is 2.43. The first kappa shape index (κ1) is 29.7. The number of hydrogen-bond acceptors (Lipinski definition) is 2. The number of nitrogens with zero attached hydrogens (tertiary/aromatic N) is 1. The van der Waals surface area contributed by atoms with Crippen LogP contribution in [0.25, 0.3) is 76.9 Å². The summed E-state index contributed by atoms with van der Waals surface area (Å²) in [6, 6.07) is 66.9. The van der Waals surface area contributed by atoms with Crippen LogP contribution in [0.5, 0.6) is 0 Å². The molecule has 54 heavy (non-hydrogen) atoms. The largest absolute Gasteiger partial charge is 0.456 e. The van der Waals surface area contributed by atoms with Crippen LogP contribution in [-0.4, -0.2) is 0 Å². The van der Waals surface area contributed by atoms with Gasteiger partial charge in [-0.15, -0.1) is 0 Å². The second kappa shape index (κ2) is 10.8. The summed E-state index contributed by atoms with van der Waals surface area (Å²) < 4.78 is 6.59. The molecule has 0 saturated carbocycles. The fourth-order valence-electron chi connectivity index (χ4n) is 9.85. The number of anilines is 3. The highest BCUT2D eigenvalue weighted by Gasteiger charge is 2.48. The summed E-state index contributed by atoms with van der Waals surface area (Å²) in [6.07, 6.45) is 0. The highest BCUT2D eigenvalue weighted by molar-refractivity contribution is 6.17. The zero-order chi connectivity index (χ0) is 35.5. The third kappa shape index (κ3) is 3.89. The van der Waals surface area contributed by atoms with Crippen molar-refractivity contribution in [3.8, 4) is 33.4 Å². The topological polar surface area (TPSA) is 16.4 Å². The molecule has 1 atom stereocenters. The van der Waals surface area contributed by atoms with Gasteiger partial charge in [0.05, 0.1) is 17.1 Å². The summed E-state index contributed by atoms with van der Waals surface area (Å²) in [5.41, 5.74) is 16.5. The Morgan fingerprint density at radius 1 is 0.407 bits per heavy atom. The van der Waals surface area contributed by atoms with Crippen LogP contribution < -0.4 is 4.90 Å². The Hall–Kier alpha value is -6.90. The molecule has 12 rings (SSSR count). The lowest BCUT2D eigenvalue weighted by Gasteiger charge is -2.43. The van der Waals surface area contributed by atoms with E-state index in [0.29, 0.717) is 0 Å². The van der Waals surface area contributed by atoms with Crippen molar-refractivity contribution < 1.29 is 4.42 Å². The van der Waals surface area contributed by atoms with Crippen LogP contribution in [0.1, 0.15) is 23.6 Å². The van der Waals surface area contributed by atoms with Gasteiger partial charge in [-0.2, -0.15) is 0 Å². The van der Waals surface area contributed by atoms with E-state index in [-0.39, 0.29) is 5.41 Å². The lowest BCUT2D eigenvalue weighted by Crippen LogP contribution is -2.32. The van der Waals surface area contributed by atoms with Crippen molar-refractivity contribution in [2.75, 3.05) is 4.90 Å². The second-order valence-corrected chi connectivity index (χ2v) is 15.0. The van der Waals surface area contributed by atoms with E-state index in [2.05, 4.69) is 194 Å². The van der Waals surface area contributed by atoms with E-state index < -0.39 is 0 Å². The molecule has 0 N–H and O–H groups in total. The van der Waals surface area contributed by atoms with Crippen molar-refractivity contribution >= 4 is 60.5 Å². The number of rotatable bonds is 3. The number of hydrogen-bond donors (Lipinski definition) is 0. The van der Waals surface area contributed by atoms with Crippen LogP contribution >= 0.6 is 0 Å². The van der Waals surface area contributed by atoms with Gasteiger partial charge in [0, 0.05) is 21.8 Å². The van der Waals surface area contributed by atoms with E-state index in [1.54, 1.807) is 0 Å². The maximum atomic E-state index is 6.59. The smallest absolute Gasteiger partial charge is 0.136 e. The molecule has 252 valence electrons. The molecule has 1 aliphatic heterocycles. The van der Waals surface area contributed by atoms with Gasteiger partial charge in [0.1, 0.15) is 11.2 Å². The van der Waals surface area contributed by atoms with Gasteiger partial charge in [0.25, 0.3) is 0 Å². The average Bonchev–Trinajstić information content (AvgIpc) is 3.73. The van der Waals surface area contributed by atoms with Crippen molar-refractivity contribution in [2.45, 2.75) is 12.3 Å². The van der Waals surface area contributed by atoms with E-state index >= 15 is 0 Å². The summed E-state index contributed by atoms with van der Waals surface area (Å²) >= 11 is 0. The van der Waals surface area contributed by atoms with E-state index in [0.717, 1.165) is 38.8 Å². The van der Waals surface area contributed by atoms with Crippen molar-refractivity contribution in [3.05, 3.63) is 199 Å². The van der Waals surface area contributed by atoms with Gasteiger partial charge in [0.15, 0.2) is 0 Å². The normalized spacial score (nSPS) is 15.5. The van der Waals surface area contributed by atoms with Crippen LogP contribution in [0.3, 0.4) is 0 Å². The third-order valence-electron chi connectivity index (χ3n) is 12.2. The number of fused-ring (bicyclic) bond motifs is 10. The van der Waals surface area contributed by atoms with Gasteiger partial charge < -0.3 is 9.32 Å². The first-order valence-corrected chi connectivity index (χ1v) is 18.8. The van der Waals surface area contributed by atoms with Crippen molar-refractivity contribution in [3.63, 3.8) is 0 Å². The van der Waals surface area contributed by atoms with Gasteiger partial charge in [-0.3, -0.25) is 0 Å². The van der Waals surface area contributed by atoms with Crippen LogP contribution in [-0.2, 0) is 5.41 Å². The first-order chi connectivity index (χ1) is 26.7. The molecule has 0 amide bonds. The average molecular weight is 688 g/mol. The van der Waals surface area contributed by atoms with Crippen LogP contribution in [0.2, 0.25) is 0 Å². The Morgan fingerprint density at radius 3 is 1.96 bits per heavy atom. The molecule has 0 saturated heterocycles. The zero-order valence-corrected chi connectivity index (χ0v) is 29.7. The van der Waals surface area contributed by atoms with Gasteiger partial charge in [-0.25, -0.2) is 0 Å². The minimum absolute atomic E-state index is 0.317. The van der Waals surface area contributed by atoms with Crippen molar-refractivity contribution in [1.82, 2.24) is 0 Å². The minimum Gasteiger partial charge on any atom is -0.456 e. The van der Waals surface area contributed by atoms with E-state index in [1.165, 1.54) is 71.9 Å². The third-order valence-corrected chi connectivity index (χ3v) is 12.2. The van der Waals surface area contributed by atoms with Crippen LogP contribution in [0.4, 0.5) is 17.1 Å². The Labute approximate surface area is 313 Å². The molecular weight excluding hydrogens is 655 g/mol. The quantitative estimate of drug-likeness (QED) is 0.184. The first-order valence-electron chi connectivity index (χ1n) is 18.8. The monoisotopic (exact) mass is 687 g/mol. The molecule has 10 aromatic rings. The molecule has 0 spiro atoms.